The summed E-state index contributed by atoms with van der Waals surface area (Å²) in [6.07, 6.45) is 2.41. The molecule has 0 saturated heterocycles. The third kappa shape index (κ3) is 1.99. The van der Waals surface area contributed by atoms with E-state index in [0.29, 0.717) is 24.3 Å². The molecule has 98 valence electrons. The molecule has 1 amide bonds. The average molecular weight is 261 g/mol. The molecule has 3 rings (SSSR count). The number of nitrogens with zero attached hydrogens (tertiary/aromatic N) is 1. The van der Waals surface area contributed by atoms with Gasteiger partial charge in [-0.3, -0.25) is 9.89 Å². The van der Waals surface area contributed by atoms with Gasteiger partial charge in [0.05, 0.1) is 6.26 Å². The maximum atomic E-state index is 11.9. The Balaban J connectivity index is 1.76. The second kappa shape index (κ2) is 3.98. The van der Waals surface area contributed by atoms with Gasteiger partial charge in [0.25, 0.3) is 5.91 Å². The highest BCUT2D eigenvalue weighted by Crippen LogP contribution is 2.35. The van der Waals surface area contributed by atoms with E-state index in [9.17, 15) is 9.59 Å². The zero-order chi connectivity index (χ0) is 13.5. The van der Waals surface area contributed by atoms with Crippen LogP contribution >= 0.6 is 0 Å². The quantitative estimate of drug-likeness (QED) is 0.761. The normalized spacial score (nSPS) is 16.0. The first-order valence-corrected chi connectivity index (χ1v) is 5.76. The van der Waals surface area contributed by atoms with Crippen LogP contribution < -0.4 is 5.32 Å². The molecular weight excluding hydrogens is 250 g/mol. The molecule has 2 aromatic heterocycles. The number of nitrogens with one attached hydrogen (secondary N) is 2. The largest absolute Gasteiger partial charge is 0.480 e. The lowest BCUT2D eigenvalue weighted by atomic mass is 10.2. The van der Waals surface area contributed by atoms with Crippen molar-refractivity contribution in [3.8, 4) is 11.5 Å². The van der Waals surface area contributed by atoms with Gasteiger partial charge in [-0.05, 0) is 25.0 Å². The van der Waals surface area contributed by atoms with Crippen LogP contribution in [0.1, 0.15) is 23.3 Å². The van der Waals surface area contributed by atoms with Crippen molar-refractivity contribution in [2.75, 3.05) is 0 Å². The van der Waals surface area contributed by atoms with E-state index >= 15 is 0 Å². The van der Waals surface area contributed by atoms with Crippen molar-refractivity contribution in [1.82, 2.24) is 15.5 Å². The Bertz CT molecular complexity index is 625. The molecule has 3 N–H and O–H groups in total. The van der Waals surface area contributed by atoms with E-state index in [2.05, 4.69) is 15.5 Å². The number of carbonyl (C=O) groups excluding carboxylic acids is 1. The molecule has 0 aliphatic heterocycles. The number of aromatic amines is 1. The number of amides is 1. The monoisotopic (exact) mass is 261 g/mol. The molecule has 1 aliphatic carbocycles. The summed E-state index contributed by atoms with van der Waals surface area (Å²) < 4.78 is 5.17. The van der Waals surface area contributed by atoms with Crippen molar-refractivity contribution in [1.29, 1.82) is 0 Å². The number of hydrogen-bond donors (Lipinski definition) is 3. The minimum absolute atomic E-state index is 0.138. The van der Waals surface area contributed by atoms with E-state index in [4.69, 9.17) is 9.52 Å². The zero-order valence-corrected chi connectivity index (χ0v) is 9.84. The summed E-state index contributed by atoms with van der Waals surface area (Å²) in [4.78, 5) is 22.9. The summed E-state index contributed by atoms with van der Waals surface area (Å²) in [7, 11) is 0. The van der Waals surface area contributed by atoms with Crippen LogP contribution in [0.4, 0.5) is 0 Å². The number of furan rings is 1. The van der Waals surface area contributed by atoms with Gasteiger partial charge in [-0.2, -0.15) is 5.10 Å². The Hall–Kier alpha value is -2.57. The van der Waals surface area contributed by atoms with E-state index in [1.807, 2.05) is 0 Å². The highest BCUT2D eigenvalue weighted by molar-refractivity contribution is 5.98. The van der Waals surface area contributed by atoms with E-state index < -0.39 is 17.4 Å². The van der Waals surface area contributed by atoms with Gasteiger partial charge in [-0.25, -0.2) is 4.79 Å². The maximum Gasteiger partial charge on any atom is 0.329 e. The summed E-state index contributed by atoms with van der Waals surface area (Å²) >= 11 is 0. The van der Waals surface area contributed by atoms with Gasteiger partial charge in [0.1, 0.15) is 11.2 Å². The number of aliphatic carboxylic acids is 1. The SMILES string of the molecule is O=C(NC1(C(=O)O)CC1)c1cc(-c2ccco2)[nH]n1. The molecule has 1 saturated carbocycles. The number of carboxylic acid groups (broad SMARTS) is 1. The lowest BCUT2D eigenvalue weighted by Gasteiger charge is -2.10. The number of aromatic nitrogens is 2. The smallest absolute Gasteiger partial charge is 0.329 e. The van der Waals surface area contributed by atoms with Gasteiger partial charge in [0, 0.05) is 6.07 Å². The molecule has 7 heteroatoms. The third-order valence-electron chi connectivity index (χ3n) is 3.11. The molecule has 1 fully saturated rings. The van der Waals surface area contributed by atoms with E-state index in [-0.39, 0.29) is 5.69 Å². The van der Waals surface area contributed by atoms with Crippen LogP contribution in [0.5, 0.6) is 0 Å². The molecular formula is C12H11N3O4. The first kappa shape index (κ1) is 11.5. The van der Waals surface area contributed by atoms with Crippen molar-refractivity contribution >= 4 is 11.9 Å². The van der Waals surface area contributed by atoms with Gasteiger partial charge in [0.15, 0.2) is 11.5 Å². The summed E-state index contributed by atoms with van der Waals surface area (Å²) in [6, 6.07) is 4.97. The fourth-order valence-corrected chi connectivity index (χ4v) is 1.79. The molecule has 1 aliphatic rings. The number of hydrogen-bond acceptors (Lipinski definition) is 4. The Kier molecular flexibility index (Phi) is 2.41. The fourth-order valence-electron chi connectivity index (χ4n) is 1.79. The minimum atomic E-state index is -1.11. The third-order valence-corrected chi connectivity index (χ3v) is 3.11. The Morgan fingerprint density at radius 1 is 1.47 bits per heavy atom. The lowest BCUT2D eigenvalue weighted by molar-refractivity contribution is -0.140. The number of carbonyl (C=O) groups is 2. The van der Waals surface area contributed by atoms with Crippen molar-refractivity contribution in [2.45, 2.75) is 18.4 Å². The van der Waals surface area contributed by atoms with Gasteiger partial charge >= 0.3 is 5.97 Å². The number of H-pyrrole nitrogens is 1. The summed E-state index contributed by atoms with van der Waals surface area (Å²) in [6.45, 7) is 0. The molecule has 7 nitrogen and oxygen atoms in total. The first-order valence-electron chi connectivity index (χ1n) is 5.76. The molecule has 0 spiro atoms. The standard InChI is InChI=1S/C12H11N3O4/c16-10(13-12(3-4-12)11(17)18)8-6-7(14-15-8)9-2-1-5-19-9/h1-2,5-6H,3-4H2,(H,13,16)(H,14,15)(H,17,18). The summed E-state index contributed by atoms with van der Waals surface area (Å²) in [5.41, 5.74) is -0.407. The van der Waals surface area contributed by atoms with Gasteiger partial charge in [-0.15, -0.1) is 0 Å². The topological polar surface area (TPSA) is 108 Å². The van der Waals surface area contributed by atoms with E-state index in [1.54, 1.807) is 12.1 Å². The van der Waals surface area contributed by atoms with Gasteiger partial charge in [0.2, 0.25) is 0 Å². The van der Waals surface area contributed by atoms with Crippen LogP contribution in [0, 0.1) is 0 Å². The van der Waals surface area contributed by atoms with E-state index in [0.717, 1.165) is 0 Å². The summed E-state index contributed by atoms with van der Waals surface area (Å²) in [5, 5.41) is 18.0. The van der Waals surface area contributed by atoms with Crippen molar-refractivity contribution in [2.24, 2.45) is 0 Å². The molecule has 19 heavy (non-hydrogen) atoms. The molecule has 0 atom stereocenters. The average Bonchev–Trinajstić information content (AvgIpc) is 2.87. The van der Waals surface area contributed by atoms with Gasteiger partial charge < -0.3 is 14.8 Å². The molecule has 0 aromatic carbocycles. The Morgan fingerprint density at radius 2 is 2.26 bits per heavy atom. The molecule has 0 radical (unpaired) electrons. The van der Waals surface area contributed by atoms with Crippen LogP contribution in [0.3, 0.4) is 0 Å². The second-order valence-electron chi connectivity index (χ2n) is 4.49. The Labute approximate surface area is 107 Å². The highest BCUT2D eigenvalue weighted by Gasteiger charge is 2.51. The zero-order valence-electron chi connectivity index (χ0n) is 9.84. The molecule has 2 aromatic rings. The number of rotatable bonds is 4. The van der Waals surface area contributed by atoms with Crippen LogP contribution in [0.2, 0.25) is 0 Å². The Morgan fingerprint density at radius 3 is 2.84 bits per heavy atom. The molecule has 0 unspecified atom stereocenters. The van der Waals surface area contributed by atoms with Crippen molar-refractivity contribution < 1.29 is 19.1 Å². The number of carboxylic acids is 1. The first-order chi connectivity index (χ1) is 9.11. The summed E-state index contributed by atoms with van der Waals surface area (Å²) in [5.74, 6) is -0.956. The van der Waals surface area contributed by atoms with Crippen LogP contribution in [0.25, 0.3) is 11.5 Å². The van der Waals surface area contributed by atoms with Crippen molar-refractivity contribution in [3.63, 3.8) is 0 Å². The molecule has 0 bridgehead atoms. The van der Waals surface area contributed by atoms with Crippen LogP contribution in [-0.2, 0) is 4.79 Å². The van der Waals surface area contributed by atoms with Crippen LogP contribution in [0.15, 0.2) is 28.9 Å². The minimum Gasteiger partial charge on any atom is -0.480 e. The fraction of sp³-hybridized carbons (Fsp3) is 0.250. The van der Waals surface area contributed by atoms with Crippen LogP contribution in [-0.4, -0.2) is 32.7 Å². The maximum absolute atomic E-state index is 11.9. The molecule has 2 heterocycles. The predicted molar refractivity (Wildman–Crippen MR) is 63.4 cm³/mol. The second-order valence-corrected chi connectivity index (χ2v) is 4.49. The highest BCUT2D eigenvalue weighted by atomic mass is 16.4. The lowest BCUT2D eigenvalue weighted by Crippen LogP contribution is -2.43. The van der Waals surface area contributed by atoms with Crippen molar-refractivity contribution in [3.05, 3.63) is 30.2 Å². The van der Waals surface area contributed by atoms with Gasteiger partial charge in [-0.1, -0.05) is 0 Å². The van der Waals surface area contributed by atoms with E-state index in [1.165, 1.54) is 12.3 Å². The predicted octanol–water partition coefficient (Wildman–Crippen LogP) is 1.02.